The van der Waals surface area contributed by atoms with Gasteiger partial charge in [0.1, 0.15) is 0 Å². The summed E-state index contributed by atoms with van der Waals surface area (Å²) in [5.74, 6) is 0. The Balaban J connectivity index is 0. The smallest absolute Gasteiger partial charge is 0.197 e. The largest absolute Gasteiger partial charge is 0.624 e. The fraction of sp³-hybridized carbons (Fsp3) is 1.00. The monoisotopic (exact) mass is 367 g/mol. The minimum absolute atomic E-state index is 0. The van der Waals surface area contributed by atoms with Crippen LogP contribution in [0.4, 0.5) is 26.3 Å². The van der Waals surface area contributed by atoms with Crippen LogP contribution in [0.1, 0.15) is 0 Å². The first-order valence-electron chi connectivity index (χ1n) is 2.92. The molecule has 0 bridgehead atoms. The predicted octanol–water partition coefficient (Wildman–Crippen LogP) is -0.0501. The second-order valence-electron chi connectivity index (χ2n) is 2.14. The van der Waals surface area contributed by atoms with Crippen LogP contribution >= 0.6 is 0 Å². The molecule has 0 amide bonds. The van der Waals surface area contributed by atoms with E-state index in [1.165, 1.54) is 0 Å². The van der Waals surface area contributed by atoms with Crippen LogP contribution in [0.25, 0.3) is 0 Å². The van der Waals surface area contributed by atoms with Crippen molar-refractivity contribution in [2.24, 2.45) is 0 Å². The second-order valence-corrected chi connectivity index (χ2v) is 6.90. The van der Waals surface area contributed by atoms with Gasteiger partial charge in [-0.1, -0.05) is 0 Å². The molecular formula is C2F6KNO5S3+. The van der Waals surface area contributed by atoms with Gasteiger partial charge in [0, 0.05) is 51.4 Å². The Bertz CT molecular complexity index is 460. The van der Waals surface area contributed by atoms with Crippen LogP contribution in [0, 0.1) is 0 Å². The van der Waals surface area contributed by atoms with Crippen LogP contribution in [-0.2, 0) is 36.1 Å². The van der Waals surface area contributed by atoms with Crippen LogP contribution in [0.2, 0.25) is 0 Å². The quantitative estimate of drug-likeness (QED) is 0.302. The molecule has 0 aromatic rings. The third-order valence-corrected chi connectivity index (χ3v) is 5.84. The molecule has 0 rings (SSSR count). The SMILES string of the molecule is O=[S+]N(S(=O)(=O)C(F)(F)F)S(=O)(=O)C(F)(F)F.[K]. The van der Waals surface area contributed by atoms with Gasteiger partial charge in [-0.25, -0.2) is 0 Å². The minimum Gasteiger partial charge on any atom is -0.197 e. The van der Waals surface area contributed by atoms with E-state index < -0.39 is 46.0 Å². The molecule has 0 aliphatic rings. The van der Waals surface area contributed by atoms with Gasteiger partial charge in [-0.15, -0.1) is 0 Å². The van der Waals surface area contributed by atoms with Crippen LogP contribution in [-0.4, -0.2) is 82.4 Å². The first kappa shape index (κ1) is 21.4. The fourth-order valence-electron chi connectivity index (χ4n) is 0.378. The predicted molar refractivity (Wildman–Crippen MR) is 45.6 cm³/mol. The van der Waals surface area contributed by atoms with Crippen LogP contribution in [0.15, 0.2) is 0 Å². The van der Waals surface area contributed by atoms with Crippen LogP contribution < -0.4 is 0 Å². The zero-order valence-electron chi connectivity index (χ0n) is 7.98. The maximum atomic E-state index is 11.8. The molecule has 1 radical (unpaired) electrons. The molecule has 0 aromatic carbocycles. The van der Waals surface area contributed by atoms with E-state index in [2.05, 4.69) is 0 Å². The van der Waals surface area contributed by atoms with E-state index >= 15 is 0 Å². The number of alkyl halides is 6. The Hall–Kier alpha value is 1.10. The maximum absolute atomic E-state index is 11.8. The van der Waals surface area contributed by atoms with Crippen molar-refractivity contribution in [3.05, 3.63) is 0 Å². The van der Waals surface area contributed by atoms with E-state index in [4.69, 9.17) is 0 Å². The fourth-order valence-corrected chi connectivity index (χ4v) is 3.40. The molecule has 0 unspecified atom stereocenters. The summed E-state index contributed by atoms with van der Waals surface area (Å²) in [6, 6.07) is 0. The molecule has 0 saturated carbocycles. The van der Waals surface area contributed by atoms with E-state index in [1.807, 2.05) is 0 Å². The number of rotatable bonds is 3. The van der Waals surface area contributed by atoms with E-state index in [0.29, 0.717) is 0 Å². The molecule has 6 nitrogen and oxygen atoms in total. The third kappa shape index (κ3) is 4.04. The molecule has 0 N–H and O–H groups in total. The molecule has 18 heavy (non-hydrogen) atoms. The van der Waals surface area contributed by atoms with Crippen molar-refractivity contribution >= 4 is 83.3 Å². The van der Waals surface area contributed by atoms with Gasteiger partial charge in [0.15, 0.2) is 0 Å². The summed E-state index contributed by atoms with van der Waals surface area (Å²) in [4.78, 5) is 0. The molecule has 0 aromatic heterocycles. The molecule has 0 aliphatic carbocycles. The molecule has 0 heterocycles. The number of hydrogen-bond donors (Lipinski definition) is 0. The van der Waals surface area contributed by atoms with Gasteiger partial charge in [0.25, 0.3) is 0 Å². The second kappa shape index (κ2) is 6.25. The van der Waals surface area contributed by atoms with Crippen molar-refractivity contribution in [1.82, 2.24) is 3.12 Å². The van der Waals surface area contributed by atoms with Crippen molar-refractivity contribution in [1.29, 1.82) is 0 Å². The van der Waals surface area contributed by atoms with Gasteiger partial charge < -0.3 is 0 Å². The topological polar surface area (TPSA) is 88.6 Å². The standard InChI is InChI=1S/C2F6NO5S3.K/c3-1(4,5)16(11,12)9(15-10)17(13,14)2(6,7)8;/q+1;. The van der Waals surface area contributed by atoms with Gasteiger partial charge in [-0.05, 0) is 0 Å². The summed E-state index contributed by atoms with van der Waals surface area (Å²) in [6.45, 7) is 0. The van der Waals surface area contributed by atoms with Crippen molar-refractivity contribution in [3.8, 4) is 0 Å². The average Bonchev–Trinajstić information content (AvgIpc) is 1.99. The van der Waals surface area contributed by atoms with Crippen molar-refractivity contribution in [3.63, 3.8) is 0 Å². The molecule has 0 saturated heterocycles. The first-order chi connectivity index (χ1) is 7.19. The number of nitrogens with zero attached hydrogens (tertiary/aromatic N) is 1. The zero-order chi connectivity index (χ0) is 14.3. The molecule has 103 valence electrons. The Kier molecular flexibility index (Phi) is 7.43. The summed E-state index contributed by atoms with van der Waals surface area (Å²) in [6.07, 6.45) is 0. The zero-order valence-corrected chi connectivity index (χ0v) is 13.6. The third-order valence-electron chi connectivity index (χ3n) is 1.04. The summed E-state index contributed by atoms with van der Waals surface area (Å²) in [7, 11) is -13.9. The van der Waals surface area contributed by atoms with Crippen molar-refractivity contribution < 1.29 is 47.4 Å². The summed E-state index contributed by atoms with van der Waals surface area (Å²) in [5, 5.41) is 0. The van der Waals surface area contributed by atoms with Gasteiger partial charge in [-0.2, -0.15) is 43.2 Å². The van der Waals surface area contributed by atoms with E-state index in [0.717, 1.165) is 0 Å². The molecule has 0 aliphatic heterocycles. The number of halogens is 6. The van der Waals surface area contributed by atoms with Gasteiger partial charge >= 0.3 is 42.9 Å². The molecule has 0 fully saturated rings. The summed E-state index contributed by atoms with van der Waals surface area (Å²) in [5.41, 5.74) is -12.7. The number of sulfonamides is 2. The Morgan fingerprint density at radius 1 is 0.778 bits per heavy atom. The molecule has 0 spiro atoms. The normalized spacial score (nSPS) is 14.2. The van der Waals surface area contributed by atoms with E-state index in [1.54, 1.807) is 0 Å². The minimum atomic E-state index is -6.95. The molecular weight excluding hydrogens is 367 g/mol. The molecule has 0 atom stereocenters. The van der Waals surface area contributed by atoms with Crippen LogP contribution in [0.5, 0.6) is 0 Å². The Morgan fingerprint density at radius 2 is 1.00 bits per heavy atom. The Morgan fingerprint density at radius 3 is 1.11 bits per heavy atom. The average molecular weight is 367 g/mol. The molecule has 16 heteroatoms. The maximum Gasteiger partial charge on any atom is 0.624 e. The Labute approximate surface area is 143 Å². The van der Waals surface area contributed by atoms with Gasteiger partial charge in [0.2, 0.25) is 3.12 Å². The van der Waals surface area contributed by atoms with Crippen molar-refractivity contribution in [2.45, 2.75) is 11.0 Å². The van der Waals surface area contributed by atoms with E-state index in [9.17, 15) is 47.4 Å². The number of hydrogen-bond acceptors (Lipinski definition) is 5. The van der Waals surface area contributed by atoms with Gasteiger partial charge in [0.05, 0.1) is 4.21 Å². The summed E-state index contributed by atoms with van der Waals surface area (Å²) >= 11 is -2.00. The van der Waals surface area contributed by atoms with Crippen molar-refractivity contribution in [2.75, 3.05) is 0 Å². The van der Waals surface area contributed by atoms with Crippen LogP contribution in [0.3, 0.4) is 0 Å². The van der Waals surface area contributed by atoms with E-state index in [-0.39, 0.29) is 51.4 Å². The van der Waals surface area contributed by atoms with Gasteiger partial charge in [-0.3, -0.25) is 0 Å². The first-order valence-corrected chi connectivity index (χ1v) is 6.50. The summed E-state index contributed by atoms with van der Waals surface area (Å²) < 4.78 is 120.